The smallest absolute Gasteiger partial charge is 0.254 e. The second-order valence-electron chi connectivity index (χ2n) is 5.79. The van der Waals surface area contributed by atoms with E-state index in [1.165, 1.54) is 0 Å². The molecule has 0 aliphatic carbocycles. The molecule has 3 rings (SSSR count). The Labute approximate surface area is 141 Å². The molecule has 0 atom stereocenters. The van der Waals surface area contributed by atoms with Crippen LogP contribution in [-0.4, -0.2) is 27.2 Å². The number of nitrogens with zero attached hydrogens (tertiary/aromatic N) is 1. The van der Waals surface area contributed by atoms with Crippen molar-refractivity contribution in [2.24, 2.45) is 0 Å². The number of hydrogen-bond acceptors (Lipinski definition) is 4. The average molecular weight is 345 g/mol. The topological polar surface area (TPSA) is 78.5 Å². The molecule has 0 bridgehead atoms. The van der Waals surface area contributed by atoms with E-state index in [1.807, 2.05) is 48.5 Å². The molecule has 0 radical (unpaired) electrons. The van der Waals surface area contributed by atoms with Gasteiger partial charge in [-0.25, -0.2) is 13.1 Å². The summed E-state index contributed by atoms with van der Waals surface area (Å²) in [6, 6.07) is 15.2. The number of amides is 1. The van der Waals surface area contributed by atoms with E-state index in [9.17, 15) is 13.2 Å². The molecule has 2 aromatic rings. The number of anilines is 1. The number of rotatable bonds is 5. The van der Waals surface area contributed by atoms with Gasteiger partial charge in [0.25, 0.3) is 5.91 Å². The van der Waals surface area contributed by atoms with Gasteiger partial charge in [0.05, 0.1) is 24.2 Å². The highest BCUT2D eigenvalue weighted by molar-refractivity contribution is 7.88. The Hall–Kier alpha value is -2.38. The molecular formula is C17H19N3O3S. The van der Waals surface area contributed by atoms with Crippen molar-refractivity contribution in [3.8, 4) is 0 Å². The molecule has 6 nitrogen and oxygen atoms in total. The van der Waals surface area contributed by atoms with Crippen LogP contribution in [0, 0.1) is 0 Å². The Kier molecular flexibility index (Phi) is 4.55. The summed E-state index contributed by atoms with van der Waals surface area (Å²) < 4.78 is 24.9. The van der Waals surface area contributed by atoms with Gasteiger partial charge in [-0.2, -0.15) is 0 Å². The number of para-hydroxylation sites is 1. The Bertz CT molecular complexity index is 865. The van der Waals surface area contributed by atoms with Crippen LogP contribution in [0.2, 0.25) is 0 Å². The maximum Gasteiger partial charge on any atom is 0.254 e. The van der Waals surface area contributed by atoms with Crippen LogP contribution < -0.4 is 14.9 Å². The van der Waals surface area contributed by atoms with E-state index in [1.54, 1.807) is 0 Å². The highest BCUT2D eigenvalue weighted by Gasteiger charge is 2.21. The predicted molar refractivity (Wildman–Crippen MR) is 93.1 cm³/mol. The van der Waals surface area contributed by atoms with Crippen LogP contribution in [-0.2, 0) is 23.1 Å². The van der Waals surface area contributed by atoms with Gasteiger partial charge in [-0.05, 0) is 23.3 Å². The highest BCUT2D eigenvalue weighted by Crippen LogP contribution is 2.24. The molecular weight excluding hydrogens is 326 g/mol. The normalized spacial score (nSPS) is 14.2. The molecule has 0 fully saturated rings. The molecule has 0 saturated heterocycles. The molecule has 0 spiro atoms. The van der Waals surface area contributed by atoms with E-state index in [0.29, 0.717) is 18.8 Å². The average Bonchev–Trinajstić information content (AvgIpc) is 2.56. The molecule has 24 heavy (non-hydrogen) atoms. The monoisotopic (exact) mass is 345 g/mol. The molecule has 1 heterocycles. The zero-order valence-corrected chi connectivity index (χ0v) is 14.1. The Morgan fingerprint density at radius 3 is 2.67 bits per heavy atom. The van der Waals surface area contributed by atoms with Gasteiger partial charge in [0.2, 0.25) is 10.0 Å². The van der Waals surface area contributed by atoms with Gasteiger partial charge in [0.15, 0.2) is 0 Å². The van der Waals surface area contributed by atoms with Crippen LogP contribution in [0.25, 0.3) is 0 Å². The molecule has 7 heteroatoms. The summed E-state index contributed by atoms with van der Waals surface area (Å²) in [4.78, 5) is 14.0. The second kappa shape index (κ2) is 6.62. The third-order valence-electron chi connectivity index (χ3n) is 3.82. The minimum absolute atomic E-state index is 0.0621. The van der Waals surface area contributed by atoms with Crippen molar-refractivity contribution >= 4 is 21.6 Å². The van der Waals surface area contributed by atoms with Crippen LogP contribution in [0.5, 0.6) is 0 Å². The number of fused-ring (bicyclic) bond motifs is 1. The van der Waals surface area contributed by atoms with Crippen molar-refractivity contribution < 1.29 is 13.2 Å². The van der Waals surface area contributed by atoms with Gasteiger partial charge >= 0.3 is 0 Å². The first kappa shape index (κ1) is 16.5. The van der Waals surface area contributed by atoms with Crippen LogP contribution in [0.3, 0.4) is 0 Å². The van der Waals surface area contributed by atoms with E-state index < -0.39 is 10.0 Å². The predicted octanol–water partition coefficient (Wildman–Crippen LogP) is 1.44. The minimum Gasteiger partial charge on any atom is -0.349 e. The van der Waals surface area contributed by atoms with Gasteiger partial charge < -0.3 is 10.2 Å². The molecule has 0 unspecified atom stereocenters. The lowest BCUT2D eigenvalue weighted by atomic mass is 10.1. The molecule has 1 amide bonds. The summed E-state index contributed by atoms with van der Waals surface area (Å²) in [6.45, 7) is 1.34. The summed E-state index contributed by atoms with van der Waals surface area (Å²) >= 11 is 0. The minimum atomic E-state index is -3.22. The Morgan fingerprint density at radius 1 is 1.12 bits per heavy atom. The van der Waals surface area contributed by atoms with Gasteiger partial charge in [0.1, 0.15) is 0 Å². The molecule has 0 aromatic heterocycles. The van der Waals surface area contributed by atoms with E-state index in [-0.39, 0.29) is 12.5 Å². The third kappa shape index (κ3) is 3.93. The molecule has 0 saturated carbocycles. The molecule has 1 aliphatic heterocycles. The zero-order chi connectivity index (χ0) is 17.2. The number of carbonyl (C=O) groups is 1. The summed E-state index contributed by atoms with van der Waals surface area (Å²) in [6.07, 6.45) is 1.14. The van der Waals surface area contributed by atoms with Gasteiger partial charge in [-0.3, -0.25) is 4.79 Å². The quantitative estimate of drug-likeness (QED) is 0.860. The SMILES string of the molecule is CS(=O)(=O)NCc1cccc(CN2CNC(=O)c3ccccc32)c1. The fourth-order valence-electron chi connectivity index (χ4n) is 2.70. The zero-order valence-electron chi connectivity index (χ0n) is 13.3. The number of hydrogen-bond donors (Lipinski definition) is 2. The number of carbonyl (C=O) groups excluding carboxylic acids is 1. The lowest BCUT2D eigenvalue weighted by Gasteiger charge is -2.31. The molecule has 1 aliphatic rings. The standard InChI is InChI=1S/C17H19N3O3S/c1-24(22,23)19-10-13-5-4-6-14(9-13)11-20-12-18-17(21)15-7-2-3-8-16(15)20/h2-9,19H,10-12H2,1H3,(H,18,21). The number of nitrogens with one attached hydrogen (secondary N) is 2. The lowest BCUT2D eigenvalue weighted by Crippen LogP contribution is -2.43. The van der Waals surface area contributed by atoms with Gasteiger partial charge in [-0.1, -0.05) is 36.4 Å². The third-order valence-corrected chi connectivity index (χ3v) is 4.49. The maximum absolute atomic E-state index is 11.9. The summed E-state index contributed by atoms with van der Waals surface area (Å²) in [5.41, 5.74) is 3.51. The Morgan fingerprint density at radius 2 is 1.88 bits per heavy atom. The van der Waals surface area contributed by atoms with E-state index >= 15 is 0 Å². The largest absolute Gasteiger partial charge is 0.349 e. The summed E-state index contributed by atoms with van der Waals surface area (Å²) in [5, 5.41) is 2.86. The molecule has 2 N–H and O–H groups in total. The first-order valence-electron chi connectivity index (χ1n) is 7.57. The van der Waals surface area contributed by atoms with E-state index in [4.69, 9.17) is 0 Å². The van der Waals surface area contributed by atoms with Crippen molar-refractivity contribution in [2.45, 2.75) is 13.1 Å². The fourth-order valence-corrected chi connectivity index (χ4v) is 3.13. The maximum atomic E-state index is 11.9. The first-order valence-corrected chi connectivity index (χ1v) is 9.46. The highest BCUT2D eigenvalue weighted by atomic mass is 32.2. The number of sulfonamides is 1. The molecule has 2 aromatic carbocycles. The first-order chi connectivity index (χ1) is 11.4. The van der Waals surface area contributed by atoms with Crippen molar-refractivity contribution in [1.29, 1.82) is 0 Å². The van der Waals surface area contributed by atoms with Crippen LogP contribution in [0.1, 0.15) is 21.5 Å². The summed E-state index contributed by atoms with van der Waals surface area (Å²) in [5.74, 6) is -0.0621. The van der Waals surface area contributed by atoms with Crippen molar-refractivity contribution in [2.75, 3.05) is 17.8 Å². The van der Waals surface area contributed by atoms with Gasteiger partial charge in [-0.15, -0.1) is 0 Å². The lowest BCUT2D eigenvalue weighted by molar-refractivity contribution is 0.0947. The second-order valence-corrected chi connectivity index (χ2v) is 7.63. The van der Waals surface area contributed by atoms with Crippen molar-refractivity contribution in [1.82, 2.24) is 10.0 Å². The fraction of sp³-hybridized carbons (Fsp3) is 0.235. The van der Waals surface area contributed by atoms with E-state index in [2.05, 4.69) is 14.9 Å². The van der Waals surface area contributed by atoms with Crippen LogP contribution >= 0.6 is 0 Å². The van der Waals surface area contributed by atoms with Crippen LogP contribution in [0.15, 0.2) is 48.5 Å². The van der Waals surface area contributed by atoms with E-state index in [0.717, 1.165) is 23.1 Å². The number of benzene rings is 2. The summed E-state index contributed by atoms with van der Waals surface area (Å²) in [7, 11) is -3.22. The van der Waals surface area contributed by atoms with Crippen molar-refractivity contribution in [3.05, 3.63) is 65.2 Å². The van der Waals surface area contributed by atoms with Crippen molar-refractivity contribution in [3.63, 3.8) is 0 Å². The Balaban J connectivity index is 1.77. The van der Waals surface area contributed by atoms with Gasteiger partial charge in [0, 0.05) is 13.1 Å². The van der Waals surface area contributed by atoms with Crippen LogP contribution in [0.4, 0.5) is 5.69 Å². The molecule has 126 valence electrons.